The molecule has 0 bridgehead atoms. The van der Waals surface area contributed by atoms with Gasteiger partial charge in [0.05, 0.1) is 10.6 Å². The van der Waals surface area contributed by atoms with Crippen LogP contribution in [0.2, 0.25) is 0 Å². The zero-order chi connectivity index (χ0) is 25.2. The molecule has 0 aliphatic carbocycles. The molecular weight excluding hydrogens is 468 g/mol. The summed E-state index contributed by atoms with van der Waals surface area (Å²) in [5.74, 6) is 0.378. The summed E-state index contributed by atoms with van der Waals surface area (Å²) in [4.78, 5) is 21.7. The number of rotatable bonds is 8. The van der Waals surface area contributed by atoms with E-state index in [1.807, 2.05) is 38.1 Å². The summed E-state index contributed by atoms with van der Waals surface area (Å²) < 4.78 is 34.9. The van der Waals surface area contributed by atoms with Gasteiger partial charge in [0.2, 0.25) is 15.8 Å². The van der Waals surface area contributed by atoms with Crippen molar-refractivity contribution in [3.8, 4) is 11.5 Å². The molecule has 2 aromatic heterocycles. The van der Waals surface area contributed by atoms with Crippen LogP contribution in [0, 0.1) is 13.8 Å². The predicted octanol–water partition coefficient (Wildman–Crippen LogP) is 3.82. The van der Waals surface area contributed by atoms with Crippen molar-refractivity contribution >= 4 is 27.4 Å². The number of para-hydroxylation sites is 1. The second kappa shape index (κ2) is 9.80. The van der Waals surface area contributed by atoms with E-state index >= 15 is 0 Å². The van der Waals surface area contributed by atoms with Crippen LogP contribution in [-0.2, 0) is 10.0 Å². The highest BCUT2D eigenvalue weighted by molar-refractivity contribution is 7.89. The quantitative estimate of drug-likeness (QED) is 0.395. The van der Waals surface area contributed by atoms with Gasteiger partial charge >= 0.3 is 0 Å². The number of hydrogen-bond donors (Lipinski definition) is 1. The van der Waals surface area contributed by atoms with Gasteiger partial charge in [0.1, 0.15) is 5.75 Å². The largest absolute Gasteiger partial charge is 0.455 e. The minimum Gasteiger partial charge on any atom is -0.455 e. The molecule has 0 saturated heterocycles. The highest BCUT2D eigenvalue weighted by atomic mass is 32.2. The number of aromatic nitrogens is 4. The number of ether oxygens (including phenoxy) is 1. The van der Waals surface area contributed by atoms with Crippen molar-refractivity contribution in [3.63, 3.8) is 0 Å². The van der Waals surface area contributed by atoms with Crippen LogP contribution in [0.3, 0.4) is 0 Å². The SMILES string of the molecule is CCN(CC)S(=O)(=O)c1ccc(Oc2ccccc2)c(NC(=O)c2nc3nc(C)cc(C)n3n2)c1. The van der Waals surface area contributed by atoms with Gasteiger partial charge in [-0.25, -0.2) is 17.9 Å². The predicted molar refractivity (Wildman–Crippen MR) is 131 cm³/mol. The number of fused-ring (bicyclic) bond motifs is 1. The lowest BCUT2D eigenvalue weighted by Crippen LogP contribution is -2.30. The Bertz CT molecular complexity index is 1480. The maximum Gasteiger partial charge on any atom is 0.295 e. The normalized spacial score (nSPS) is 11.7. The Labute approximate surface area is 203 Å². The van der Waals surface area contributed by atoms with Gasteiger partial charge in [0, 0.05) is 24.5 Å². The smallest absolute Gasteiger partial charge is 0.295 e. The van der Waals surface area contributed by atoms with Crippen LogP contribution in [0.1, 0.15) is 35.9 Å². The van der Waals surface area contributed by atoms with Gasteiger partial charge in [-0.2, -0.15) is 9.29 Å². The molecule has 0 spiro atoms. The Balaban J connectivity index is 1.74. The number of benzene rings is 2. The molecule has 11 heteroatoms. The van der Waals surface area contributed by atoms with E-state index in [0.29, 0.717) is 24.6 Å². The number of sulfonamides is 1. The van der Waals surface area contributed by atoms with Crippen molar-refractivity contribution < 1.29 is 17.9 Å². The molecule has 0 aliphatic heterocycles. The van der Waals surface area contributed by atoms with Gasteiger partial charge in [-0.05, 0) is 50.2 Å². The molecule has 10 nitrogen and oxygen atoms in total. The first-order valence-electron chi connectivity index (χ1n) is 11.1. The average molecular weight is 495 g/mol. The molecule has 1 N–H and O–H groups in total. The first-order valence-corrected chi connectivity index (χ1v) is 12.6. The maximum atomic E-state index is 13.1. The Morgan fingerprint density at radius 3 is 2.43 bits per heavy atom. The van der Waals surface area contributed by atoms with Crippen LogP contribution in [0.25, 0.3) is 5.78 Å². The van der Waals surface area contributed by atoms with Gasteiger partial charge in [0.15, 0.2) is 5.75 Å². The number of aryl methyl sites for hydroxylation is 2. The fourth-order valence-electron chi connectivity index (χ4n) is 3.63. The second-order valence-corrected chi connectivity index (χ2v) is 9.74. The lowest BCUT2D eigenvalue weighted by molar-refractivity contribution is 0.101. The number of hydrogen-bond acceptors (Lipinski definition) is 7. The number of carbonyl (C=O) groups excluding carboxylic acids is 1. The van der Waals surface area contributed by atoms with Crippen molar-refractivity contribution in [1.82, 2.24) is 23.9 Å². The Morgan fingerprint density at radius 2 is 1.74 bits per heavy atom. The van der Waals surface area contributed by atoms with E-state index in [1.165, 1.54) is 27.0 Å². The lowest BCUT2D eigenvalue weighted by atomic mass is 10.2. The fourth-order valence-corrected chi connectivity index (χ4v) is 5.11. The Hall–Kier alpha value is -3.83. The minimum atomic E-state index is -3.76. The number of anilines is 1. The molecule has 1 amide bonds. The molecule has 0 unspecified atom stereocenters. The van der Waals surface area contributed by atoms with Crippen LogP contribution < -0.4 is 10.1 Å². The standard InChI is InChI=1S/C24H26N6O4S/c1-5-29(6-2)35(32,33)19-12-13-21(34-18-10-8-7-9-11-18)20(15-19)26-23(31)22-27-24-25-16(3)14-17(4)30(24)28-22/h7-15H,5-6H2,1-4H3,(H,26,31). The summed E-state index contributed by atoms with van der Waals surface area (Å²) in [6.45, 7) is 7.84. The van der Waals surface area contributed by atoms with Crippen molar-refractivity contribution in [1.29, 1.82) is 0 Å². The molecule has 0 atom stereocenters. The highest BCUT2D eigenvalue weighted by Crippen LogP contribution is 2.33. The van der Waals surface area contributed by atoms with E-state index in [1.54, 1.807) is 26.0 Å². The van der Waals surface area contributed by atoms with Gasteiger partial charge in [-0.1, -0.05) is 32.0 Å². The van der Waals surface area contributed by atoms with E-state index in [2.05, 4.69) is 20.4 Å². The van der Waals surface area contributed by atoms with Gasteiger partial charge < -0.3 is 10.1 Å². The summed E-state index contributed by atoms with van der Waals surface area (Å²) in [6.07, 6.45) is 0. The van der Waals surface area contributed by atoms with Crippen LogP contribution in [0.15, 0.2) is 59.5 Å². The monoisotopic (exact) mass is 494 g/mol. The summed E-state index contributed by atoms with van der Waals surface area (Å²) in [5, 5.41) is 6.97. The number of amides is 1. The Morgan fingerprint density at radius 1 is 1.03 bits per heavy atom. The van der Waals surface area contributed by atoms with Gasteiger partial charge in [-0.3, -0.25) is 4.79 Å². The molecular formula is C24H26N6O4S. The molecule has 2 heterocycles. The van der Waals surface area contributed by atoms with E-state index in [0.717, 1.165) is 11.4 Å². The minimum absolute atomic E-state index is 0.0352. The maximum absolute atomic E-state index is 13.1. The van der Waals surface area contributed by atoms with Gasteiger partial charge in [-0.15, -0.1) is 5.10 Å². The first-order chi connectivity index (χ1) is 16.7. The zero-order valence-corrected chi connectivity index (χ0v) is 20.7. The topological polar surface area (TPSA) is 119 Å². The number of carbonyl (C=O) groups is 1. The molecule has 0 saturated carbocycles. The molecule has 2 aromatic carbocycles. The molecule has 35 heavy (non-hydrogen) atoms. The molecule has 0 radical (unpaired) electrons. The van der Waals surface area contributed by atoms with E-state index in [9.17, 15) is 13.2 Å². The third-order valence-corrected chi connectivity index (χ3v) is 7.38. The van der Waals surface area contributed by atoms with Crippen LogP contribution >= 0.6 is 0 Å². The first kappa shape index (κ1) is 24.3. The molecule has 182 valence electrons. The van der Waals surface area contributed by atoms with Crippen LogP contribution in [-0.4, -0.2) is 51.3 Å². The summed E-state index contributed by atoms with van der Waals surface area (Å²) in [7, 11) is -3.76. The average Bonchev–Trinajstić information content (AvgIpc) is 3.26. The van der Waals surface area contributed by atoms with Crippen molar-refractivity contribution in [2.45, 2.75) is 32.6 Å². The molecule has 0 fully saturated rings. The Kier molecular flexibility index (Phi) is 6.81. The van der Waals surface area contributed by atoms with E-state index < -0.39 is 15.9 Å². The summed E-state index contributed by atoms with van der Waals surface area (Å²) in [6, 6.07) is 15.2. The number of nitrogens with zero attached hydrogens (tertiary/aromatic N) is 5. The van der Waals surface area contributed by atoms with Crippen LogP contribution in [0.5, 0.6) is 11.5 Å². The van der Waals surface area contributed by atoms with Crippen LogP contribution in [0.4, 0.5) is 5.69 Å². The summed E-state index contributed by atoms with van der Waals surface area (Å²) in [5.41, 5.74) is 1.70. The van der Waals surface area contributed by atoms with E-state index in [-0.39, 0.29) is 22.2 Å². The fraction of sp³-hybridized carbons (Fsp3) is 0.250. The highest BCUT2D eigenvalue weighted by Gasteiger charge is 2.24. The molecule has 4 aromatic rings. The van der Waals surface area contributed by atoms with E-state index in [4.69, 9.17) is 4.74 Å². The van der Waals surface area contributed by atoms with Gasteiger partial charge in [0.25, 0.3) is 11.7 Å². The molecule has 0 aliphatic rings. The zero-order valence-electron chi connectivity index (χ0n) is 19.9. The third kappa shape index (κ3) is 5.00. The van der Waals surface area contributed by atoms with Crippen molar-refractivity contribution in [2.75, 3.05) is 18.4 Å². The lowest BCUT2D eigenvalue weighted by Gasteiger charge is -2.20. The van der Waals surface area contributed by atoms with Crippen molar-refractivity contribution in [3.05, 3.63) is 71.8 Å². The number of nitrogens with one attached hydrogen (secondary N) is 1. The summed E-state index contributed by atoms with van der Waals surface area (Å²) >= 11 is 0. The molecule has 4 rings (SSSR count). The third-order valence-electron chi connectivity index (χ3n) is 5.33. The second-order valence-electron chi connectivity index (χ2n) is 7.80. The van der Waals surface area contributed by atoms with Crippen molar-refractivity contribution in [2.24, 2.45) is 0 Å².